The normalized spacial score (nSPS) is 19.2. The zero-order valence-corrected chi connectivity index (χ0v) is 17.4. The molecule has 2 aliphatic heterocycles. The zero-order valence-electron chi connectivity index (χ0n) is 16.6. The molecule has 0 saturated carbocycles. The van der Waals surface area contributed by atoms with Crippen LogP contribution in [-0.2, 0) is 14.8 Å². The molecule has 0 amide bonds. The van der Waals surface area contributed by atoms with Gasteiger partial charge in [0.25, 0.3) is 10.0 Å². The molecule has 2 aromatic carbocycles. The Hall–Kier alpha value is -2.09. The number of hydrogen-bond donors (Lipinski definition) is 2. The zero-order chi connectivity index (χ0) is 20.1. The molecule has 2 saturated heterocycles. The largest absolute Gasteiger partial charge is 0.381 e. The number of piperidine rings is 1. The third kappa shape index (κ3) is 5.29. The molecule has 29 heavy (non-hydrogen) atoms. The fraction of sp³-hybridized carbons (Fsp3) is 0.455. The Balaban J connectivity index is 1.30. The highest BCUT2D eigenvalue weighted by molar-refractivity contribution is 7.92. The minimum Gasteiger partial charge on any atom is -0.381 e. The predicted molar refractivity (Wildman–Crippen MR) is 116 cm³/mol. The second-order valence-electron chi connectivity index (χ2n) is 7.78. The van der Waals surface area contributed by atoms with Crippen LogP contribution >= 0.6 is 0 Å². The molecule has 2 aliphatic rings. The van der Waals surface area contributed by atoms with Crippen molar-refractivity contribution < 1.29 is 13.2 Å². The molecule has 6 nitrogen and oxygen atoms in total. The summed E-state index contributed by atoms with van der Waals surface area (Å²) in [5, 5.41) is 3.80. The van der Waals surface area contributed by atoms with E-state index in [4.69, 9.17) is 4.74 Å². The number of nitrogens with zero attached hydrogens (tertiary/aromatic N) is 1. The summed E-state index contributed by atoms with van der Waals surface area (Å²) in [5.41, 5.74) is 1.71. The van der Waals surface area contributed by atoms with Crippen molar-refractivity contribution in [1.29, 1.82) is 0 Å². The molecule has 156 valence electrons. The summed E-state index contributed by atoms with van der Waals surface area (Å²) in [7, 11) is -3.55. The summed E-state index contributed by atoms with van der Waals surface area (Å²) in [5.74, 6) is 0. The van der Waals surface area contributed by atoms with Crippen molar-refractivity contribution in [1.82, 2.24) is 5.32 Å². The quantitative estimate of drug-likeness (QED) is 0.758. The molecule has 0 spiro atoms. The Morgan fingerprint density at radius 1 is 0.828 bits per heavy atom. The van der Waals surface area contributed by atoms with Crippen LogP contribution in [-0.4, -0.2) is 46.8 Å². The second-order valence-corrected chi connectivity index (χ2v) is 9.46. The molecule has 0 bridgehead atoms. The van der Waals surface area contributed by atoms with Gasteiger partial charge in [0.15, 0.2) is 0 Å². The van der Waals surface area contributed by atoms with Gasteiger partial charge in [-0.3, -0.25) is 4.72 Å². The van der Waals surface area contributed by atoms with E-state index in [0.29, 0.717) is 17.8 Å². The molecule has 2 fully saturated rings. The molecule has 0 aliphatic carbocycles. The first-order chi connectivity index (χ1) is 14.1. The maximum atomic E-state index is 12.5. The van der Waals surface area contributed by atoms with Crippen LogP contribution in [0.3, 0.4) is 0 Å². The molecule has 2 aromatic rings. The molecule has 0 unspecified atom stereocenters. The van der Waals surface area contributed by atoms with Crippen LogP contribution in [0.4, 0.5) is 11.4 Å². The standard InChI is InChI=1S/C22H29N3O3S/c26-29(27,22-4-2-1-3-5-22)24-20-6-8-21(9-7-20)25-14-10-18(11-15-25)23-19-12-16-28-17-13-19/h1-9,18-19,23-24H,10-17H2. The van der Waals surface area contributed by atoms with Crippen LogP contribution < -0.4 is 14.9 Å². The number of anilines is 2. The van der Waals surface area contributed by atoms with E-state index in [1.807, 2.05) is 24.3 Å². The molecular formula is C22H29N3O3S. The summed E-state index contributed by atoms with van der Waals surface area (Å²) in [6.45, 7) is 3.76. The molecule has 2 N–H and O–H groups in total. The van der Waals surface area contributed by atoms with Crippen LogP contribution in [0.15, 0.2) is 59.5 Å². The van der Waals surface area contributed by atoms with Gasteiger partial charge in [0, 0.05) is 49.8 Å². The van der Waals surface area contributed by atoms with Crippen LogP contribution in [0.25, 0.3) is 0 Å². The van der Waals surface area contributed by atoms with Crippen molar-refractivity contribution in [3.63, 3.8) is 0 Å². The maximum Gasteiger partial charge on any atom is 0.261 e. The van der Waals surface area contributed by atoms with E-state index in [9.17, 15) is 8.42 Å². The lowest BCUT2D eigenvalue weighted by molar-refractivity contribution is 0.0738. The van der Waals surface area contributed by atoms with Crippen LogP contribution in [0.5, 0.6) is 0 Å². The molecular weight excluding hydrogens is 386 g/mol. The highest BCUT2D eigenvalue weighted by Gasteiger charge is 2.23. The Bertz CT molecular complexity index is 873. The second kappa shape index (κ2) is 9.15. The lowest BCUT2D eigenvalue weighted by Crippen LogP contribution is -2.47. The molecule has 0 atom stereocenters. The maximum absolute atomic E-state index is 12.5. The minimum absolute atomic E-state index is 0.267. The summed E-state index contributed by atoms with van der Waals surface area (Å²) >= 11 is 0. The highest BCUT2D eigenvalue weighted by Crippen LogP contribution is 2.24. The van der Waals surface area contributed by atoms with Crippen molar-refractivity contribution in [3.8, 4) is 0 Å². The Labute approximate surface area is 173 Å². The van der Waals surface area contributed by atoms with Crippen molar-refractivity contribution in [2.45, 2.75) is 42.7 Å². The Kier molecular flexibility index (Phi) is 6.37. The van der Waals surface area contributed by atoms with Crippen molar-refractivity contribution in [3.05, 3.63) is 54.6 Å². The number of sulfonamides is 1. The van der Waals surface area contributed by atoms with Gasteiger partial charge in [0.2, 0.25) is 0 Å². The van der Waals surface area contributed by atoms with Gasteiger partial charge in [0.05, 0.1) is 4.90 Å². The number of nitrogens with one attached hydrogen (secondary N) is 2. The molecule has 2 heterocycles. The van der Waals surface area contributed by atoms with E-state index in [0.717, 1.165) is 57.7 Å². The lowest BCUT2D eigenvalue weighted by atomic mass is 10.0. The minimum atomic E-state index is -3.55. The summed E-state index contributed by atoms with van der Waals surface area (Å²) in [6, 6.07) is 17.3. The highest BCUT2D eigenvalue weighted by atomic mass is 32.2. The topological polar surface area (TPSA) is 70.7 Å². The first-order valence-corrected chi connectivity index (χ1v) is 11.9. The van der Waals surface area contributed by atoms with Crippen LogP contribution in [0.2, 0.25) is 0 Å². The van der Waals surface area contributed by atoms with Crippen LogP contribution in [0, 0.1) is 0 Å². The first-order valence-electron chi connectivity index (χ1n) is 10.4. The van der Waals surface area contributed by atoms with Gasteiger partial charge < -0.3 is 15.0 Å². The predicted octanol–water partition coefficient (Wildman–Crippen LogP) is 3.22. The van der Waals surface area contributed by atoms with Gasteiger partial charge in [-0.1, -0.05) is 18.2 Å². The van der Waals surface area contributed by atoms with Gasteiger partial charge in [-0.25, -0.2) is 8.42 Å². The Morgan fingerprint density at radius 3 is 2.10 bits per heavy atom. The van der Waals surface area contributed by atoms with Crippen molar-refractivity contribution in [2.24, 2.45) is 0 Å². The molecule has 0 aromatic heterocycles. The van der Waals surface area contributed by atoms with Gasteiger partial charge in [0.1, 0.15) is 0 Å². The number of rotatable bonds is 6. The third-order valence-electron chi connectivity index (χ3n) is 5.73. The van der Waals surface area contributed by atoms with E-state index >= 15 is 0 Å². The van der Waals surface area contributed by atoms with E-state index in [-0.39, 0.29) is 4.90 Å². The van der Waals surface area contributed by atoms with Crippen molar-refractivity contribution >= 4 is 21.4 Å². The van der Waals surface area contributed by atoms with E-state index < -0.39 is 10.0 Å². The van der Waals surface area contributed by atoms with Crippen molar-refractivity contribution in [2.75, 3.05) is 35.9 Å². The first kappa shape index (κ1) is 20.2. The van der Waals surface area contributed by atoms with Gasteiger partial charge in [-0.15, -0.1) is 0 Å². The monoisotopic (exact) mass is 415 g/mol. The lowest BCUT2D eigenvalue weighted by Gasteiger charge is -2.36. The molecule has 7 heteroatoms. The molecule has 0 radical (unpaired) electrons. The number of ether oxygens (including phenoxy) is 1. The SMILES string of the molecule is O=S(=O)(Nc1ccc(N2CCC(NC3CCOCC3)CC2)cc1)c1ccccc1. The summed E-state index contributed by atoms with van der Waals surface area (Å²) in [4.78, 5) is 2.64. The molecule has 4 rings (SSSR count). The summed E-state index contributed by atoms with van der Waals surface area (Å²) in [6.07, 6.45) is 4.47. The van der Waals surface area contributed by atoms with Gasteiger partial charge in [-0.05, 0) is 62.1 Å². The fourth-order valence-corrected chi connectivity index (χ4v) is 5.14. The number of hydrogen-bond acceptors (Lipinski definition) is 5. The van der Waals surface area contributed by atoms with Gasteiger partial charge in [-0.2, -0.15) is 0 Å². The smallest absolute Gasteiger partial charge is 0.261 e. The van der Waals surface area contributed by atoms with Crippen LogP contribution in [0.1, 0.15) is 25.7 Å². The van der Waals surface area contributed by atoms with E-state index in [1.165, 1.54) is 0 Å². The fourth-order valence-electron chi connectivity index (χ4n) is 4.06. The Morgan fingerprint density at radius 2 is 1.45 bits per heavy atom. The number of benzene rings is 2. The summed E-state index contributed by atoms with van der Waals surface area (Å²) < 4.78 is 33.0. The van der Waals surface area contributed by atoms with E-state index in [2.05, 4.69) is 14.9 Å². The van der Waals surface area contributed by atoms with Gasteiger partial charge >= 0.3 is 0 Å². The van der Waals surface area contributed by atoms with E-state index in [1.54, 1.807) is 30.3 Å². The average Bonchev–Trinajstić information content (AvgIpc) is 2.76. The average molecular weight is 416 g/mol. The third-order valence-corrected chi connectivity index (χ3v) is 7.12.